The molecule has 1 aliphatic rings. The summed E-state index contributed by atoms with van der Waals surface area (Å²) in [6.45, 7) is 2.99. The molecular formula is C14H21N3O4. The molecule has 0 aromatic heterocycles. The molecular weight excluding hydrogens is 274 g/mol. The second kappa shape index (κ2) is 6.64. The standard InChI is InChI=1S/C14H21N3O4/c1-9-8-21-11(7-18)6-17(9)13-5-10(20-2)3-4-12(13)14(15)16-19/h3-5,9,11,18-19H,6-8H2,1-2H3,(H2,15,16). The molecule has 2 atom stereocenters. The van der Waals surface area contributed by atoms with Crippen LogP contribution in [-0.2, 0) is 4.74 Å². The van der Waals surface area contributed by atoms with Crippen molar-refractivity contribution in [1.82, 2.24) is 0 Å². The molecule has 1 fully saturated rings. The summed E-state index contributed by atoms with van der Waals surface area (Å²) >= 11 is 0. The van der Waals surface area contributed by atoms with Gasteiger partial charge in [0.05, 0.1) is 32.1 Å². The summed E-state index contributed by atoms with van der Waals surface area (Å²) in [5, 5.41) is 21.3. The number of aliphatic hydroxyl groups is 1. The third kappa shape index (κ3) is 3.20. The molecule has 7 heteroatoms. The number of rotatable bonds is 4. The van der Waals surface area contributed by atoms with Crippen molar-refractivity contribution >= 4 is 11.5 Å². The van der Waals surface area contributed by atoms with Crippen molar-refractivity contribution in [3.05, 3.63) is 23.8 Å². The Balaban J connectivity index is 2.43. The predicted molar refractivity (Wildman–Crippen MR) is 79.1 cm³/mol. The maximum Gasteiger partial charge on any atom is 0.172 e. The number of hydrogen-bond donors (Lipinski definition) is 3. The molecule has 2 unspecified atom stereocenters. The van der Waals surface area contributed by atoms with Gasteiger partial charge < -0.3 is 30.4 Å². The van der Waals surface area contributed by atoms with Crippen molar-refractivity contribution in [3.63, 3.8) is 0 Å². The van der Waals surface area contributed by atoms with E-state index in [1.54, 1.807) is 19.2 Å². The van der Waals surface area contributed by atoms with Crippen LogP contribution >= 0.6 is 0 Å². The number of nitrogens with two attached hydrogens (primary N) is 1. The smallest absolute Gasteiger partial charge is 0.172 e. The lowest BCUT2D eigenvalue weighted by molar-refractivity contribution is -0.0103. The first-order valence-corrected chi connectivity index (χ1v) is 6.75. The fraction of sp³-hybridized carbons (Fsp3) is 0.500. The summed E-state index contributed by atoms with van der Waals surface area (Å²) < 4.78 is 10.8. The van der Waals surface area contributed by atoms with Gasteiger partial charge in [0, 0.05) is 24.2 Å². The Labute approximate surface area is 123 Å². The molecule has 1 aromatic carbocycles. The molecule has 0 radical (unpaired) electrons. The van der Waals surface area contributed by atoms with Gasteiger partial charge in [-0.1, -0.05) is 5.16 Å². The molecule has 0 saturated carbocycles. The van der Waals surface area contributed by atoms with Gasteiger partial charge in [0.25, 0.3) is 0 Å². The highest BCUT2D eigenvalue weighted by Gasteiger charge is 2.28. The normalized spacial score (nSPS) is 23.2. The van der Waals surface area contributed by atoms with Crippen LogP contribution in [0.25, 0.3) is 0 Å². The lowest BCUT2D eigenvalue weighted by atomic mass is 10.1. The Kier molecular flexibility index (Phi) is 4.87. The van der Waals surface area contributed by atoms with Gasteiger partial charge >= 0.3 is 0 Å². The molecule has 0 bridgehead atoms. The van der Waals surface area contributed by atoms with Crippen LogP contribution in [0, 0.1) is 0 Å². The molecule has 21 heavy (non-hydrogen) atoms. The van der Waals surface area contributed by atoms with Crippen molar-refractivity contribution < 1.29 is 19.8 Å². The lowest BCUT2D eigenvalue weighted by Crippen LogP contribution is -2.50. The maximum absolute atomic E-state index is 9.30. The van der Waals surface area contributed by atoms with Crippen LogP contribution in [-0.4, -0.2) is 55.2 Å². The van der Waals surface area contributed by atoms with E-state index in [9.17, 15) is 5.11 Å². The zero-order valence-electron chi connectivity index (χ0n) is 12.2. The maximum atomic E-state index is 9.30. The second-order valence-electron chi connectivity index (χ2n) is 5.01. The fourth-order valence-electron chi connectivity index (χ4n) is 2.41. The lowest BCUT2D eigenvalue weighted by Gasteiger charge is -2.40. The minimum absolute atomic E-state index is 0.0342. The molecule has 1 aromatic rings. The molecule has 1 saturated heterocycles. The van der Waals surface area contributed by atoms with E-state index in [0.29, 0.717) is 24.5 Å². The second-order valence-corrected chi connectivity index (χ2v) is 5.01. The van der Waals surface area contributed by atoms with E-state index >= 15 is 0 Å². The van der Waals surface area contributed by atoms with Crippen LogP contribution in [0.15, 0.2) is 23.4 Å². The number of hydrogen-bond acceptors (Lipinski definition) is 6. The van der Waals surface area contributed by atoms with E-state index in [1.165, 1.54) is 0 Å². The van der Waals surface area contributed by atoms with E-state index in [2.05, 4.69) is 10.1 Å². The minimum Gasteiger partial charge on any atom is -0.497 e. The molecule has 1 heterocycles. The van der Waals surface area contributed by atoms with Crippen molar-refractivity contribution in [2.24, 2.45) is 10.9 Å². The summed E-state index contributed by atoms with van der Waals surface area (Å²) in [4.78, 5) is 2.07. The van der Waals surface area contributed by atoms with Crippen LogP contribution in [0.4, 0.5) is 5.69 Å². The van der Waals surface area contributed by atoms with Gasteiger partial charge in [-0.05, 0) is 19.1 Å². The molecule has 4 N–H and O–H groups in total. The monoisotopic (exact) mass is 295 g/mol. The van der Waals surface area contributed by atoms with Gasteiger partial charge in [-0.25, -0.2) is 0 Å². The van der Waals surface area contributed by atoms with Crippen LogP contribution in [0.3, 0.4) is 0 Å². The van der Waals surface area contributed by atoms with Crippen molar-refractivity contribution in [3.8, 4) is 5.75 Å². The molecule has 0 spiro atoms. The number of morpholine rings is 1. The van der Waals surface area contributed by atoms with Gasteiger partial charge in [-0.2, -0.15) is 0 Å². The topological polar surface area (TPSA) is 101 Å². The quantitative estimate of drug-likeness (QED) is 0.321. The van der Waals surface area contributed by atoms with Gasteiger partial charge in [0.2, 0.25) is 0 Å². The third-order valence-electron chi connectivity index (χ3n) is 3.61. The molecule has 7 nitrogen and oxygen atoms in total. The highest BCUT2D eigenvalue weighted by molar-refractivity contribution is 6.02. The number of benzene rings is 1. The predicted octanol–water partition coefficient (Wildman–Crippen LogP) is 0.376. The van der Waals surface area contributed by atoms with Crippen molar-refractivity contribution in [2.75, 3.05) is 31.8 Å². The van der Waals surface area contributed by atoms with Gasteiger partial charge in [-0.15, -0.1) is 0 Å². The fourth-order valence-corrected chi connectivity index (χ4v) is 2.41. The van der Waals surface area contributed by atoms with Gasteiger partial charge in [-0.3, -0.25) is 0 Å². The van der Waals surface area contributed by atoms with Crippen molar-refractivity contribution in [1.29, 1.82) is 0 Å². The first-order chi connectivity index (χ1) is 10.1. The number of aliphatic hydroxyl groups excluding tert-OH is 1. The number of methoxy groups -OCH3 is 1. The summed E-state index contributed by atoms with van der Waals surface area (Å²) in [6, 6.07) is 5.44. The third-order valence-corrected chi connectivity index (χ3v) is 3.61. The largest absolute Gasteiger partial charge is 0.497 e. The van der Waals surface area contributed by atoms with Gasteiger partial charge in [0.15, 0.2) is 5.84 Å². The number of oxime groups is 1. The first-order valence-electron chi connectivity index (χ1n) is 6.75. The summed E-state index contributed by atoms with van der Waals surface area (Å²) in [5.41, 5.74) is 7.16. The molecule has 0 amide bonds. The van der Waals surface area contributed by atoms with E-state index in [1.807, 2.05) is 13.0 Å². The summed E-state index contributed by atoms with van der Waals surface area (Å²) in [5.74, 6) is 0.714. The minimum atomic E-state index is -0.257. The molecule has 2 rings (SSSR count). The molecule has 116 valence electrons. The highest BCUT2D eigenvalue weighted by atomic mass is 16.5. The average Bonchev–Trinajstić information content (AvgIpc) is 2.54. The number of anilines is 1. The van der Waals surface area contributed by atoms with E-state index < -0.39 is 0 Å². The van der Waals surface area contributed by atoms with Crippen LogP contribution in [0.1, 0.15) is 12.5 Å². The van der Waals surface area contributed by atoms with Crippen LogP contribution in [0.2, 0.25) is 0 Å². The van der Waals surface area contributed by atoms with E-state index in [4.69, 9.17) is 20.4 Å². The van der Waals surface area contributed by atoms with Crippen LogP contribution in [0.5, 0.6) is 5.75 Å². The van der Waals surface area contributed by atoms with Crippen molar-refractivity contribution in [2.45, 2.75) is 19.1 Å². The molecule has 1 aliphatic heterocycles. The average molecular weight is 295 g/mol. The van der Waals surface area contributed by atoms with E-state index in [0.717, 1.165) is 5.69 Å². The van der Waals surface area contributed by atoms with E-state index in [-0.39, 0.29) is 24.6 Å². The van der Waals surface area contributed by atoms with Crippen LogP contribution < -0.4 is 15.4 Å². The Morgan fingerprint density at radius 2 is 2.33 bits per heavy atom. The highest BCUT2D eigenvalue weighted by Crippen LogP contribution is 2.29. The number of amidine groups is 1. The number of nitrogens with zero attached hydrogens (tertiary/aromatic N) is 2. The Morgan fingerprint density at radius 3 is 2.95 bits per heavy atom. The Hall–Kier alpha value is -1.99. The van der Waals surface area contributed by atoms with Gasteiger partial charge in [0.1, 0.15) is 5.75 Å². The zero-order chi connectivity index (χ0) is 15.4. The molecule has 0 aliphatic carbocycles. The SMILES string of the molecule is COc1ccc(/C(N)=N/O)c(N2CC(CO)OCC2C)c1. The Morgan fingerprint density at radius 1 is 1.57 bits per heavy atom. The summed E-state index contributed by atoms with van der Waals surface area (Å²) in [7, 11) is 1.58. The summed E-state index contributed by atoms with van der Waals surface area (Å²) in [6.07, 6.45) is -0.257. The first kappa shape index (κ1) is 15.4. The zero-order valence-corrected chi connectivity index (χ0v) is 12.2. The number of ether oxygens (including phenoxy) is 2. The Bertz CT molecular complexity index is 521.